The number of hydrogen-bond acceptors (Lipinski definition) is 3. The summed E-state index contributed by atoms with van der Waals surface area (Å²) in [6.45, 7) is 2.28. The van der Waals surface area contributed by atoms with Crippen LogP contribution in [0.3, 0.4) is 0 Å². The molecule has 1 aliphatic carbocycles. The van der Waals surface area contributed by atoms with Crippen LogP contribution in [-0.2, 0) is 4.79 Å². The van der Waals surface area contributed by atoms with E-state index in [9.17, 15) is 4.79 Å². The lowest BCUT2D eigenvalue weighted by Crippen LogP contribution is -2.41. The predicted molar refractivity (Wildman–Crippen MR) is 50.9 cm³/mol. The first kappa shape index (κ1) is 9.93. The van der Waals surface area contributed by atoms with E-state index in [4.69, 9.17) is 10.2 Å². The highest BCUT2D eigenvalue weighted by Gasteiger charge is 2.47. The van der Waals surface area contributed by atoms with Crippen molar-refractivity contribution in [3.05, 3.63) is 0 Å². The van der Waals surface area contributed by atoms with Crippen LogP contribution in [-0.4, -0.2) is 47.3 Å². The number of rotatable bonds is 3. The highest BCUT2D eigenvalue weighted by atomic mass is 16.4. The standard InChI is InChI=1S/C10H17NO3/c12-6-8-3-10(4-8)1-2-11(7-10)5-9(13)14/h8,12H,1-7H2,(H,13,14). The molecule has 1 spiro atoms. The number of aliphatic carboxylic acids is 1. The van der Waals surface area contributed by atoms with Crippen molar-refractivity contribution in [2.45, 2.75) is 19.3 Å². The molecule has 2 aliphatic rings. The molecule has 0 atom stereocenters. The van der Waals surface area contributed by atoms with Crippen molar-refractivity contribution in [3.8, 4) is 0 Å². The van der Waals surface area contributed by atoms with E-state index in [1.165, 1.54) is 0 Å². The van der Waals surface area contributed by atoms with Gasteiger partial charge in [-0.05, 0) is 37.1 Å². The fourth-order valence-corrected chi connectivity index (χ4v) is 2.98. The van der Waals surface area contributed by atoms with Crippen LogP contribution >= 0.6 is 0 Å². The first-order valence-electron chi connectivity index (χ1n) is 5.19. The Bertz CT molecular complexity index is 236. The van der Waals surface area contributed by atoms with Crippen molar-refractivity contribution in [1.82, 2.24) is 4.90 Å². The van der Waals surface area contributed by atoms with Crippen LogP contribution in [0.1, 0.15) is 19.3 Å². The molecule has 1 aliphatic heterocycles. The van der Waals surface area contributed by atoms with Gasteiger partial charge in [-0.2, -0.15) is 0 Å². The van der Waals surface area contributed by atoms with Crippen molar-refractivity contribution in [3.63, 3.8) is 0 Å². The maximum absolute atomic E-state index is 10.5. The Balaban J connectivity index is 1.81. The van der Waals surface area contributed by atoms with Crippen LogP contribution in [0.4, 0.5) is 0 Å². The summed E-state index contributed by atoms with van der Waals surface area (Å²) in [7, 11) is 0. The van der Waals surface area contributed by atoms with Gasteiger partial charge >= 0.3 is 5.97 Å². The number of aliphatic hydroxyl groups is 1. The number of nitrogens with zero attached hydrogens (tertiary/aromatic N) is 1. The summed E-state index contributed by atoms with van der Waals surface area (Å²) in [5.74, 6) is -0.264. The van der Waals surface area contributed by atoms with Crippen molar-refractivity contribution < 1.29 is 15.0 Å². The minimum absolute atomic E-state index is 0.172. The Hall–Kier alpha value is -0.610. The van der Waals surface area contributed by atoms with Crippen LogP contribution in [0.2, 0.25) is 0 Å². The average Bonchev–Trinajstić information content (AvgIpc) is 2.44. The first-order valence-corrected chi connectivity index (χ1v) is 5.19. The van der Waals surface area contributed by atoms with Crippen molar-refractivity contribution in [1.29, 1.82) is 0 Å². The summed E-state index contributed by atoms with van der Waals surface area (Å²) in [6.07, 6.45) is 3.27. The Morgan fingerprint density at radius 1 is 1.50 bits per heavy atom. The Morgan fingerprint density at radius 3 is 2.79 bits per heavy atom. The molecule has 2 rings (SSSR count). The zero-order valence-electron chi connectivity index (χ0n) is 8.28. The van der Waals surface area contributed by atoms with Gasteiger partial charge in [0, 0.05) is 13.2 Å². The molecule has 4 heteroatoms. The van der Waals surface area contributed by atoms with Gasteiger partial charge in [-0.25, -0.2) is 0 Å². The van der Waals surface area contributed by atoms with Crippen LogP contribution in [0.25, 0.3) is 0 Å². The summed E-state index contributed by atoms with van der Waals surface area (Å²) < 4.78 is 0. The second kappa shape index (κ2) is 3.51. The molecule has 0 aromatic rings. The molecule has 0 aromatic carbocycles. The van der Waals surface area contributed by atoms with E-state index in [2.05, 4.69) is 0 Å². The number of carbonyl (C=O) groups is 1. The third-order valence-corrected chi connectivity index (χ3v) is 3.58. The van der Waals surface area contributed by atoms with Gasteiger partial charge < -0.3 is 10.2 Å². The monoisotopic (exact) mass is 199 g/mol. The van der Waals surface area contributed by atoms with Crippen molar-refractivity contribution in [2.24, 2.45) is 11.3 Å². The van der Waals surface area contributed by atoms with Gasteiger partial charge in [-0.15, -0.1) is 0 Å². The number of likely N-dealkylation sites (tertiary alicyclic amines) is 1. The summed E-state index contributed by atoms with van der Waals surface area (Å²) >= 11 is 0. The Labute approximate surface area is 83.5 Å². The summed E-state index contributed by atoms with van der Waals surface area (Å²) in [4.78, 5) is 12.5. The third kappa shape index (κ3) is 1.77. The normalized spacial score (nSPS) is 37.4. The first-order chi connectivity index (χ1) is 6.63. The average molecular weight is 199 g/mol. The highest BCUT2D eigenvalue weighted by molar-refractivity contribution is 5.69. The molecule has 1 saturated heterocycles. The summed E-state index contributed by atoms with van der Waals surface area (Å²) in [5, 5.41) is 17.6. The minimum Gasteiger partial charge on any atom is -0.480 e. The largest absolute Gasteiger partial charge is 0.480 e. The maximum Gasteiger partial charge on any atom is 0.317 e. The number of hydrogen-bond donors (Lipinski definition) is 2. The second-order valence-corrected chi connectivity index (χ2v) is 4.81. The molecule has 80 valence electrons. The van der Waals surface area contributed by atoms with E-state index >= 15 is 0 Å². The fraction of sp³-hybridized carbons (Fsp3) is 0.900. The van der Waals surface area contributed by atoms with Crippen LogP contribution in [0, 0.1) is 11.3 Å². The summed E-state index contributed by atoms with van der Waals surface area (Å²) in [6, 6.07) is 0. The van der Waals surface area contributed by atoms with Gasteiger partial charge in [0.1, 0.15) is 0 Å². The quantitative estimate of drug-likeness (QED) is 0.680. The van der Waals surface area contributed by atoms with Gasteiger partial charge in [0.25, 0.3) is 0 Å². The molecule has 1 saturated carbocycles. The number of carboxylic acid groups (broad SMARTS) is 1. The number of carboxylic acids is 1. The van der Waals surface area contributed by atoms with Crippen LogP contribution < -0.4 is 0 Å². The van der Waals surface area contributed by atoms with E-state index in [0.717, 1.165) is 32.4 Å². The van der Waals surface area contributed by atoms with Crippen molar-refractivity contribution >= 4 is 5.97 Å². The molecule has 0 radical (unpaired) electrons. The SMILES string of the molecule is O=C(O)CN1CCC2(CC(CO)C2)C1. The van der Waals surface area contributed by atoms with E-state index < -0.39 is 5.97 Å². The molecule has 2 N–H and O–H groups in total. The lowest BCUT2D eigenvalue weighted by atomic mass is 9.62. The lowest BCUT2D eigenvalue weighted by molar-refractivity contribution is -0.138. The molecule has 0 aromatic heterocycles. The van der Waals surface area contributed by atoms with E-state index in [-0.39, 0.29) is 6.54 Å². The molecule has 14 heavy (non-hydrogen) atoms. The van der Waals surface area contributed by atoms with Gasteiger partial charge in [0.05, 0.1) is 6.54 Å². The summed E-state index contributed by atoms with van der Waals surface area (Å²) in [5.41, 5.74) is 0.350. The lowest BCUT2D eigenvalue weighted by Gasteiger charge is -2.44. The Morgan fingerprint density at radius 2 is 2.21 bits per heavy atom. The van der Waals surface area contributed by atoms with Crippen LogP contribution in [0.5, 0.6) is 0 Å². The molecular formula is C10H17NO3. The molecule has 4 nitrogen and oxygen atoms in total. The van der Waals surface area contributed by atoms with Gasteiger partial charge in [-0.1, -0.05) is 0 Å². The van der Waals surface area contributed by atoms with Gasteiger partial charge in [-0.3, -0.25) is 9.69 Å². The third-order valence-electron chi connectivity index (χ3n) is 3.58. The molecule has 0 amide bonds. The highest BCUT2D eigenvalue weighted by Crippen LogP contribution is 2.51. The van der Waals surface area contributed by atoms with Gasteiger partial charge in [0.15, 0.2) is 0 Å². The smallest absolute Gasteiger partial charge is 0.317 e. The molecular weight excluding hydrogens is 182 g/mol. The van der Waals surface area contributed by atoms with Crippen LogP contribution in [0.15, 0.2) is 0 Å². The minimum atomic E-state index is -0.736. The van der Waals surface area contributed by atoms with Gasteiger partial charge in [0.2, 0.25) is 0 Å². The molecule has 0 bridgehead atoms. The van der Waals surface area contributed by atoms with E-state index in [0.29, 0.717) is 17.9 Å². The molecule has 1 heterocycles. The predicted octanol–water partition coefficient (Wildman–Crippen LogP) is 0.165. The number of aliphatic hydroxyl groups excluding tert-OH is 1. The topological polar surface area (TPSA) is 60.8 Å². The van der Waals surface area contributed by atoms with E-state index in [1.807, 2.05) is 4.90 Å². The second-order valence-electron chi connectivity index (χ2n) is 4.81. The van der Waals surface area contributed by atoms with E-state index in [1.54, 1.807) is 0 Å². The van der Waals surface area contributed by atoms with Crippen molar-refractivity contribution in [2.75, 3.05) is 26.2 Å². The zero-order chi connectivity index (χ0) is 10.2. The maximum atomic E-state index is 10.5. The Kier molecular flexibility index (Phi) is 2.49. The fourth-order valence-electron chi connectivity index (χ4n) is 2.98. The zero-order valence-corrected chi connectivity index (χ0v) is 8.28. The molecule has 2 fully saturated rings. The molecule has 0 unspecified atom stereocenters.